The minimum Gasteiger partial charge on any atom is -0.347 e. The maximum atomic E-state index is 12.1. The monoisotopic (exact) mass is 308 g/mol. The minimum atomic E-state index is -0.269. The highest BCUT2D eigenvalue weighted by Crippen LogP contribution is 2.09. The number of hydrogen-bond donors (Lipinski definition) is 1. The van der Waals surface area contributed by atoms with Crippen molar-refractivity contribution in [1.29, 1.82) is 0 Å². The average Bonchev–Trinajstić information content (AvgIpc) is 2.92. The van der Waals surface area contributed by atoms with Crippen molar-refractivity contribution in [2.75, 3.05) is 0 Å². The molecule has 0 radical (unpaired) electrons. The number of carbonyl (C=O) groups excluding carboxylic acids is 1. The number of carbonyl (C=O) groups is 1. The maximum absolute atomic E-state index is 12.1. The van der Waals surface area contributed by atoms with E-state index in [0.29, 0.717) is 12.4 Å². The third kappa shape index (κ3) is 3.39. The summed E-state index contributed by atoms with van der Waals surface area (Å²) in [5.41, 5.74) is 3.11. The van der Waals surface area contributed by atoms with Crippen molar-refractivity contribution in [3.8, 4) is 5.82 Å². The van der Waals surface area contributed by atoms with Crippen LogP contribution in [0.1, 0.15) is 27.4 Å². The molecule has 1 N–H and O–H groups in total. The van der Waals surface area contributed by atoms with E-state index in [4.69, 9.17) is 0 Å². The molecule has 3 aromatic heterocycles. The second-order valence-electron chi connectivity index (χ2n) is 5.15. The number of pyridine rings is 1. The molecule has 0 aliphatic rings. The Hall–Kier alpha value is -3.09. The number of hydrogen-bond acceptors (Lipinski definition) is 5. The van der Waals surface area contributed by atoms with Gasteiger partial charge in [0.1, 0.15) is 0 Å². The van der Waals surface area contributed by atoms with Gasteiger partial charge < -0.3 is 5.32 Å². The lowest BCUT2D eigenvalue weighted by Gasteiger charge is -2.05. The fraction of sp³-hybridized carbons (Fsp3) is 0.188. The zero-order valence-electron chi connectivity index (χ0n) is 12.9. The highest BCUT2D eigenvalue weighted by molar-refractivity contribution is 5.92. The van der Waals surface area contributed by atoms with E-state index in [0.717, 1.165) is 17.0 Å². The molecule has 3 rings (SSSR count). The third-order valence-corrected chi connectivity index (χ3v) is 3.31. The first-order valence-corrected chi connectivity index (χ1v) is 7.18. The molecule has 1 amide bonds. The summed E-state index contributed by atoms with van der Waals surface area (Å²) in [6, 6.07) is 9.02. The summed E-state index contributed by atoms with van der Waals surface area (Å²) >= 11 is 0. The molecule has 0 unspecified atom stereocenters. The van der Waals surface area contributed by atoms with Crippen molar-refractivity contribution >= 4 is 5.91 Å². The van der Waals surface area contributed by atoms with Crippen molar-refractivity contribution in [3.05, 3.63) is 65.4 Å². The highest BCUT2D eigenvalue weighted by atomic mass is 16.1. The van der Waals surface area contributed by atoms with Crippen LogP contribution in [-0.2, 0) is 6.54 Å². The second kappa shape index (κ2) is 6.35. The van der Waals surface area contributed by atoms with Crippen molar-refractivity contribution < 1.29 is 4.79 Å². The summed E-state index contributed by atoms with van der Waals surface area (Å²) in [5.74, 6) is 0.315. The van der Waals surface area contributed by atoms with Crippen molar-refractivity contribution in [2.24, 2.45) is 0 Å². The number of nitrogens with one attached hydrogen (secondary N) is 1. The van der Waals surface area contributed by atoms with Crippen LogP contribution >= 0.6 is 0 Å². The summed E-state index contributed by atoms with van der Waals surface area (Å²) in [5, 5.41) is 15.2. The Labute approximate surface area is 133 Å². The molecule has 0 fully saturated rings. The van der Waals surface area contributed by atoms with E-state index in [1.165, 1.54) is 0 Å². The van der Waals surface area contributed by atoms with Gasteiger partial charge in [-0.15, -0.1) is 10.2 Å². The van der Waals surface area contributed by atoms with E-state index >= 15 is 0 Å². The SMILES string of the molecule is Cc1cc(C)n(-c2ccc(C(=O)NCc3ccncc3)nn2)n1. The normalized spacial score (nSPS) is 10.5. The van der Waals surface area contributed by atoms with Crippen LogP contribution in [0.2, 0.25) is 0 Å². The van der Waals surface area contributed by atoms with Crippen molar-refractivity contribution in [3.63, 3.8) is 0 Å². The molecule has 0 aliphatic heterocycles. The Kier molecular flexibility index (Phi) is 4.09. The summed E-state index contributed by atoms with van der Waals surface area (Å²) in [6.07, 6.45) is 3.37. The summed E-state index contributed by atoms with van der Waals surface area (Å²) in [4.78, 5) is 16.0. The molecular weight excluding hydrogens is 292 g/mol. The Bertz CT molecular complexity index is 810. The summed E-state index contributed by atoms with van der Waals surface area (Å²) in [6.45, 7) is 4.27. The predicted molar refractivity (Wildman–Crippen MR) is 84.0 cm³/mol. The van der Waals surface area contributed by atoms with Gasteiger partial charge in [0.05, 0.1) is 5.69 Å². The van der Waals surface area contributed by atoms with Gasteiger partial charge in [0.2, 0.25) is 0 Å². The zero-order valence-corrected chi connectivity index (χ0v) is 12.9. The van der Waals surface area contributed by atoms with E-state index in [2.05, 4.69) is 25.6 Å². The van der Waals surface area contributed by atoms with Crippen molar-refractivity contribution in [1.82, 2.24) is 30.3 Å². The first kappa shape index (κ1) is 14.8. The van der Waals surface area contributed by atoms with E-state index in [1.807, 2.05) is 32.0 Å². The number of aryl methyl sites for hydroxylation is 2. The van der Waals surface area contributed by atoms with Gasteiger partial charge in [-0.1, -0.05) is 0 Å². The van der Waals surface area contributed by atoms with Gasteiger partial charge in [-0.25, -0.2) is 4.68 Å². The fourth-order valence-corrected chi connectivity index (χ4v) is 2.19. The van der Waals surface area contributed by atoms with Crippen LogP contribution in [0.3, 0.4) is 0 Å². The lowest BCUT2D eigenvalue weighted by Crippen LogP contribution is -2.24. The number of nitrogens with zero attached hydrogens (tertiary/aromatic N) is 5. The van der Waals surface area contributed by atoms with Gasteiger partial charge in [-0.3, -0.25) is 9.78 Å². The molecule has 3 heterocycles. The largest absolute Gasteiger partial charge is 0.347 e. The number of aromatic nitrogens is 5. The van der Waals surface area contributed by atoms with E-state index in [-0.39, 0.29) is 11.6 Å². The molecular formula is C16H16N6O. The van der Waals surface area contributed by atoms with Gasteiger partial charge >= 0.3 is 0 Å². The quantitative estimate of drug-likeness (QED) is 0.791. The summed E-state index contributed by atoms with van der Waals surface area (Å²) in [7, 11) is 0. The summed E-state index contributed by atoms with van der Waals surface area (Å²) < 4.78 is 1.70. The Morgan fingerprint density at radius 2 is 1.91 bits per heavy atom. The van der Waals surface area contributed by atoms with Crippen LogP contribution in [-0.4, -0.2) is 30.9 Å². The van der Waals surface area contributed by atoms with Gasteiger partial charge in [0.25, 0.3) is 5.91 Å². The molecule has 0 spiro atoms. The van der Waals surface area contributed by atoms with Gasteiger partial charge in [0, 0.05) is 24.6 Å². The number of rotatable bonds is 4. The van der Waals surface area contributed by atoms with Crippen LogP contribution in [0.5, 0.6) is 0 Å². The molecule has 0 atom stereocenters. The van der Waals surface area contributed by atoms with E-state index in [1.54, 1.807) is 29.2 Å². The molecule has 0 aromatic carbocycles. The maximum Gasteiger partial charge on any atom is 0.272 e. The van der Waals surface area contributed by atoms with Gasteiger partial charge in [-0.05, 0) is 49.7 Å². The Morgan fingerprint density at radius 3 is 2.52 bits per heavy atom. The Morgan fingerprint density at radius 1 is 1.13 bits per heavy atom. The smallest absolute Gasteiger partial charge is 0.272 e. The molecule has 7 nitrogen and oxygen atoms in total. The molecule has 0 saturated carbocycles. The van der Waals surface area contributed by atoms with Gasteiger partial charge in [0.15, 0.2) is 11.5 Å². The standard InChI is InChI=1S/C16H16N6O/c1-11-9-12(2)22(21-11)15-4-3-14(19-20-15)16(23)18-10-13-5-7-17-8-6-13/h3-9H,10H2,1-2H3,(H,18,23). The topological polar surface area (TPSA) is 85.6 Å². The fourth-order valence-electron chi connectivity index (χ4n) is 2.19. The van der Waals surface area contributed by atoms with E-state index in [9.17, 15) is 4.79 Å². The minimum absolute atomic E-state index is 0.268. The predicted octanol–water partition coefficient (Wildman–Crippen LogP) is 1.60. The van der Waals surface area contributed by atoms with Crippen LogP contribution in [0.15, 0.2) is 42.7 Å². The van der Waals surface area contributed by atoms with Crippen LogP contribution in [0.25, 0.3) is 5.82 Å². The first-order chi connectivity index (χ1) is 11.1. The molecule has 23 heavy (non-hydrogen) atoms. The van der Waals surface area contributed by atoms with Crippen LogP contribution < -0.4 is 5.32 Å². The zero-order chi connectivity index (χ0) is 16.2. The molecule has 0 aliphatic carbocycles. The Balaban J connectivity index is 1.69. The first-order valence-electron chi connectivity index (χ1n) is 7.18. The lowest BCUT2D eigenvalue weighted by molar-refractivity contribution is 0.0945. The average molecular weight is 308 g/mol. The van der Waals surface area contributed by atoms with Crippen LogP contribution in [0, 0.1) is 13.8 Å². The highest BCUT2D eigenvalue weighted by Gasteiger charge is 2.10. The second-order valence-corrected chi connectivity index (χ2v) is 5.15. The number of amides is 1. The molecule has 116 valence electrons. The molecule has 7 heteroatoms. The lowest BCUT2D eigenvalue weighted by atomic mass is 10.2. The van der Waals surface area contributed by atoms with E-state index < -0.39 is 0 Å². The van der Waals surface area contributed by atoms with Crippen LogP contribution in [0.4, 0.5) is 0 Å². The molecule has 3 aromatic rings. The molecule has 0 bridgehead atoms. The van der Waals surface area contributed by atoms with Crippen molar-refractivity contribution in [2.45, 2.75) is 20.4 Å². The molecule has 0 saturated heterocycles. The van der Waals surface area contributed by atoms with Gasteiger partial charge in [-0.2, -0.15) is 5.10 Å². The third-order valence-electron chi connectivity index (χ3n) is 3.31.